The second-order valence-corrected chi connectivity index (χ2v) is 11.2. The van der Waals surface area contributed by atoms with E-state index in [2.05, 4.69) is 47.5 Å². The van der Waals surface area contributed by atoms with Crippen molar-refractivity contribution in [1.82, 2.24) is 14.9 Å². The molecule has 0 aliphatic heterocycles. The first-order chi connectivity index (χ1) is 18.4. The van der Waals surface area contributed by atoms with E-state index in [0.29, 0.717) is 18.7 Å². The summed E-state index contributed by atoms with van der Waals surface area (Å²) in [4.78, 5) is 23.2. The summed E-state index contributed by atoms with van der Waals surface area (Å²) in [6.07, 6.45) is 3.35. The predicted octanol–water partition coefficient (Wildman–Crippen LogP) is 7.73. The number of fused-ring (bicyclic) bond motifs is 1. The fourth-order valence-corrected chi connectivity index (χ4v) is 5.97. The normalized spacial score (nSPS) is 21.1. The lowest BCUT2D eigenvalue weighted by Crippen LogP contribution is -2.46. The molecule has 1 saturated carbocycles. The number of carbonyl (C=O) groups is 1. The van der Waals surface area contributed by atoms with Crippen molar-refractivity contribution in [2.75, 3.05) is 20.1 Å². The molecule has 4 rings (SSSR count). The number of carbonyl (C=O) groups excluding carboxylic acids is 1. The Morgan fingerprint density at radius 2 is 1.92 bits per heavy atom. The average Bonchev–Trinajstić information content (AvgIpc) is 3.36. The van der Waals surface area contributed by atoms with Gasteiger partial charge < -0.3 is 9.88 Å². The Morgan fingerprint density at radius 1 is 1.23 bits per heavy atom. The molecule has 1 heterocycles. The van der Waals surface area contributed by atoms with Crippen LogP contribution in [0.5, 0.6) is 0 Å². The Labute approximate surface area is 228 Å². The molecule has 1 fully saturated rings. The molecule has 1 aliphatic rings. The van der Waals surface area contributed by atoms with Crippen molar-refractivity contribution in [3.63, 3.8) is 0 Å². The van der Waals surface area contributed by atoms with Crippen LogP contribution < -0.4 is 0 Å². The van der Waals surface area contributed by atoms with Gasteiger partial charge in [0.1, 0.15) is 17.5 Å². The predicted molar refractivity (Wildman–Crippen MR) is 151 cm³/mol. The number of aromatic nitrogens is 2. The number of hydrogen-bond donors (Lipinski definition) is 1. The highest BCUT2D eigenvalue weighted by Gasteiger charge is 2.52. The molecule has 206 valence electrons. The molecule has 0 bridgehead atoms. The van der Waals surface area contributed by atoms with Gasteiger partial charge in [0.25, 0.3) is 5.91 Å². The highest BCUT2D eigenvalue weighted by atomic mass is 19.1. The molecule has 1 N–H and O–H groups in total. The summed E-state index contributed by atoms with van der Waals surface area (Å²) in [6, 6.07) is 9.31. The van der Waals surface area contributed by atoms with Gasteiger partial charge in [-0.15, -0.1) is 0 Å². The monoisotopic (exact) mass is 533 g/mol. The van der Waals surface area contributed by atoms with Crippen molar-refractivity contribution in [2.24, 2.45) is 27.0 Å². The smallest absolute Gasteiger partial charge is 0.253 e. The lowest BCUT2D eigenvalue weighted by molar-refractivity contribution is 0.0421. The topological polar surface area (TPSA) is 73.7 Å². The third kappa shape index (κ3) is 5.29. The molecule has 2 aromatic carbocycles. The largest absolute Gasteiger partial charge is 0.342 e. The summed E-state index contributed by atoms with van der Waals surface area (Å²) in [5.41, 5.74) is 2.44. The standard InChI is InChI=1S/C31H37F2N5O/c1-8-38(29(39)21-12-13-25-26(17-21)36-20(3)35-25)18-31(6)15-14-22(30(31,4)5)19(2)16-27(37-34-7)28-23(32)10-9-11-24(28)33/h9-13,16-17,22H,2,8,14-15,18H2,1,3-7H3,(H,35,36)/b27-16-,37-34-/t22-,31-/m0/s1. The number of nitrogens with one attached hydrogen (secondary N) is 1. The third-order valence-electron chi connectivity index (χ3n) is 8.67. The van der Waals surface area contributed by atoms with E-state index in [1.807, 2.05) is 36.9 Å². The quantitative estimate of drug-likeness (QED) is 0.238. The Kier molecular flexibility index (Phi) is 7.87. The maximum atomic E-state index is 14.6. The SMILES string of the molecule is C=C(/C=C(\N=N/C)c1c(F)cccc1F)[C@@H]1CC[C@@](C)(CN(CC)C(=O)c2ccc3[nH]c(C)nc3c2)C1(C)C. The number of allylic oxidation sites excluding steroid dienone is 2. The number of amides is 1. The Hall–Kier alpha value is -3.68. The van der Waals surface area contributed by atoms with Crippen LogP contribution in [0, 0.1) is 35.3 Å². The number of azo groups is 1. The molecular weight excluding hydrogens is 496 g/mol. The highest BCUT2D eigenvalue weighted by Crippen LogP contribution is 2.58. The summed E-state index contributed by atoms with van der Waals surface area (Å²) < 4.78 is 29.1. The minimum Gasteiger partial charge on any atom is -0.342 e. The molecule has 39 heavy (non-hydrogen) atoms. The Bertz CT molecular complexity index is 1450. The van der Waals surface area contributed by atoms with Crippen LogP contribution in [0.3, 0.4) is 0 Å². The average molecular weight is 534 g/mol. The molecule has 6 nitrogen and oxygen atoms in total. The van der Waals surface area contributed by atoms with E-state index in [0.717, 1.165) is 35.3 Å². The Morgan fingerprint density at radius 3 is 2.56 bits per heavy atom. The number of H-pyrrole nitrogens is 1. The summed E-state index contributed by atoms with van der Waals surface area (Å²) in [5, 5.41) is 7.83. The van der Waals surface area contributed by atoms with Gasteiger partial charge in [-0.1, -0.05) is 33.4 Å². The van der Waals surface area contributed by atoms with Crippen molar-refractivity contribution in [2.45, 2.75) is 47.5 Å². The zero-order valence-electron chi connectivity index (χ0n) is 23.6. The summed E-state index contributed by atoms with van der Waals surface area (Å²) >= 11 is 0. The molecule has 0 radical (unpaired) electrons. The van der Waals surface area contributed by atoms with E-state index in [-0.39, 0.29) is 33.9 Å². The van der Waals surface area contributed by atoms with Crippen LogP contribution in [0.15, 0.2) is 64.9 Å². The van der Waals surface area contributed by atoms with Crippen LogP contribution >= 0.6 is 0 Å². The van der Waals surface area contributed by atoms with Gasteiger partial charge in [0.05, 0.1) is 22.3 Å². The van der Waals surface area contributed by atoms with E-state index in [9.17, 15) is 13.6 Å². The number of aromatic amines is 1. The van der Waals surface area contributed by atoms with E-state index in [1.165, 1.54) is 25.2 Å². The first-order valence-corrected chi connectivity index (χ1v) is 13.3. The second kappa shape index (κ2) is 10.8. The van der Waals surface area contributed by atoms with E-state index in [1.54, 1.807) is 6.08 Å². The molecule has 2 atom stereocenters. The number of nitrogens with zero attached hydrogens (tertiary/aromatic N) is 4. The number of benzene rings is 2. The maximum Gasteiger partial charge on any atom is 0.253 e. The number of aryl methyl sites for hydroxylation is 1. The summed E-state index contributed by atoms with van der Waals surface area (Å²) in [7, 11) is 1.47. The van der Waals surface area contributed by atoms with E-state index in [4.69, 9.17) is 0 Å². The third-order valence-corrected chi connectivity index (χ3v) is 8.67. The fourth-order valence-electron chi connectivity index (χ4n) is 5.97. The van der Waals surface area contributed by atoms with Crippen LogP contribution in [-0.2, 0) is 0 Å². The van der Waals surface area contributed by atoms with Crippen molar-refractivity contribution in [3.8, 4) is 0 Å². The maximum absolute atomic E-state index is 14.6. The van der Waals surface area contributed by atoms with Gasteiger partial charge in [-0.25, -0.2) is 13.8 Å². The van der Waals surface area contributed by atoms with Gasteiger partial charge in [-0.2, -0.15) is 10.2 Å². The first-order valence-electron chi connectivity index (χ1n) is 13.3. The van der Waals surface area contributed by atoms with Crippen molar-refractivity contribution < 1.29 is 13.6 Å². The van der Waals surface area contributed by atoms with Gasteiger partial charge >= 0.3 is 0 Å². The molecule has 8 heteroatoms. The minimum atomic E-state index is -0.697. The summed E-state index contributed by atoms with van der Waals surface area (Å²) in [6.45, 7) is 15.9. The number of rotatable bonds is 8. The molecule has 0 spiro atoms. The van der Waals surface area contributed by atoms with Crippen LogP contribution in [0.25, 0.3) is 16.7 Å². The van der Waals surface area contributed by atoms with E-state index >= 15 is 0 Å². The second-order valence-electron chi connectivity index (χ2n) is 11.2. The van der Waals surface area contributed by atoms with Crippen LogP contribution in [0.4, 0.5) is 8.78 Å². The van der Waals surface area contributed by atoms with Crippen LogP contribution in [-0.4, -0.2) is 40.9 Å². The number of hydrogen-bond acceptors (Lipinski definition) is 4. The zero-order chi connectivity index (χ0) is 28.5. The number of imidazole rings is 1. The van der Waals surface area contributed by atoms with Gasteiger partial charge in [0.2, 0.25) is 0 Å². The lowest BCUT2D eigenvalue weighted by Gasteiger charge is -2.45. The van der Waals surface area contributed by atoms with Gasteiger partial charge in [-0.05, 0) is 85.4 Å². The molecule has 1 aromatic heterocycles. The van der Waals surface area contributed by atoms with Gasteiger partial charge in [0, 0.05) is 25.7 Å². The zero-order valence-corrected chi connectivity index (χ0v) is 23.6. The molecule has 0 unspecified atom stereocenters. The van der Waals surface area contributed by atoms with Gasteiger partial charge in [-0.3, -0.25) is 4.79 Å². The minimum absolute atomic E-state index is 0.0246. The molecule has 1 amide bonds. The number of halogens is 2. The lowest BCUT2D eigenvalue weighted by atomic mass is 9.64. The van der Waals surface area contributed by atoms with Crippen molar-refractivity contribution >= 4 is 22.6 Å². The Balaban J connectivity index is 1.59. The molecule has 1 aliphatic carbocycles. The molecule has 3 aromatic rings. The van der Waals surface area contributed by atoms with Crippen LogP contribution in [0.1, 0.15) is 62.3 Å². The van der Waals surface area contributed by atoms with Gasteiger partial charge in [0.15, 0.2) is 0 Å². The fraction of sp³-hybridized carbons (Fsp3) is 0.419. The van der Waals surface area contributed by atoms with Crippen LogP contribution in [0.2, 0.25) is 0 Å². The van der Waals surface area contributed by atoms with E-state index < -0.39 is 11.6 Å². The summed E-state index contributed by atoms with van der Waals surface area (Å²) in [5.74, 6) is -0.588. The highest BCUT2D eigenvalue weighted by molar-refractivity contribution is 5.97. The molecular formula is C31H37F2N5O. The van der Waals surface area contributed by atoms with Crippen molar-refractivity contribution in [3.05, 3.63) is 83.2 Å². The van der Waals surface area contributed by atoms with Crippen molar-refractivity contribution in [1.29, 1.82) is 0 Å². The molecule has 0 saturated heterocycles. The first kappa shape index (κ1) is 28.3.